The normalized spacial score (nSPS) is 49.2. The Bertz CT molecular complexity index is 710. The summed E-state index contributed by atoms with van der Waals surface area (Å²) in [7, 11) is 0. The maximum absolute atomic E-state index is 10.2. The minimum absolute atomic E-state index is 0.0228. The second-order valence-corrected chi connectivity index (χ2v) is 11.1. The highest BCUT2D eigenvalue weighted by atomic mass is 16.3. The third kappa shape index (κ3) is 2.60. The van der Waals surface area contributed by atoms with Crippen molar-refractivity contribution in [3.63, 3.8) is 0 Å². The molecule has 1 nitrogen and oxygen atoms in total. The maximum Gasteiger partial charge on any atom is 0.0543 e. The number of fused-ring (bicyclic) bond motifs is 5. The van der Waals surface area contributed by atoms with E-state index in [0.29, 0.717) is 10.8 Å². The molecule has 0 spiro atoms. The molecular weight excluding hydrogens is 328 g/mol. The van der Waals surface area contributed by atoms with E-state index in [2.05, 4.69) is 45.0 Å². The van der Waals surface area contributed by atoms with Gasteiger partial charge in [-0.05, 0) is 116 Å². The summed E-state index contributed by atoms with van der Waals surface area (Å²) in [5.74, 6) is 4.32. The number of aliphatic hydroxyl groups is 1. The molecule has 8 unspecified atom stereocenters. The van der Waals surface area contributed by atoms with Gasteiger partial charge in [0.2, 0.25) is 0 Å². The predicted molar refractivity (Wildman–Crippen MR) is 112 cm³/mol. The van der Waals surface area contributed by atoms with Crippen molar-refractivity contribution in [1.29, 1.82) is 0 Å². The van der Waals surface area contributed by atoms with Crippen molar-refractivity contribution in [2.24, 2.45) is 34.5 Å². The van der Waals surface area contributed by atoms with Crippen LogP contribution in [0.3, 0.4) is 0 Å². The molecule has 8 atom stereocenters. The van der Waals surface area contributed by atoms with Crippen molar-refractivity contribution in [3.8, 4) is 0 Å². The Hall–Kier alpha value is -0.820. The van der Waals surface area contributed by atoms with E-state index in [1.54, 1.807) is 5.56 Å². The van der Waals surface area contributed by atoms with Crippen LogP contribution in [0.5, 0.6) is 0 Å². The van der Waals surface area contributed by atoms with Gasteiger partial charge in [0.05, 0.1) is 6.10 Å². The zero-order valence-electron chi connectivity index (χ0n) is 17.6. The molecule has 0 saturated heterocycles. The second-order valence-electron chi connectivity index (χ2n) is 11.1. The lowest BCUT2D eigenvalue weighted by Gasteiger charge is -2.61. The summed E-state index contributed by atoms with van der Waals surface area (Å²) in [6.45, 7) is 7.57. The van der Waals surface area contributed by atoms with Gasteiger partial charge in [0.1, 0.15) is 0 Å². The van der Waals surface area contributed by atoms with E-state index < -0.39 is 0 Å². The Morgan fingerprint density at radius 1 is 0.852 bits per heavy atom. The van der Waals surface area contributed by atoms with Crippen molar-refractivity contribution in [1.82, 2.24) is 0 Å². The minimum Gasteiger partial charge on any atom is -0.393 e. The topological polar surface area (TPSA) is 20.2 Å². The lowest BCUT2D eigenvalue weighted by atomic mass is 9.44. The van der Waals surface area contributed by atoms with Gasteiger partial charge in [0.15, 0.2) is 0 Å². The number of aryl methyl sites for hydroxylation is 1. The quantitative estimate of drug-likeness (QED) is 0.603. The van der Waals surface area contributed by atoms with Gasteiger partial charge in [0.25, 0.3) is 0 Å². The Balaban J connectivity index is 1.44. The van der Waals surface area contributed by atoms with Crippen LogP contribution in [0.4, 0.5) is 0 Å². The number of hydrogen-bond acceptors (Lipinski definition) is 1. The first-order valence-electron chi connectivity index (χ1n) is 11.7. The zero-order valence-corrected chi connectivity index (χ0v) is 17.6. The van der Waals surface area contributed by atoms with Gasteiger partial charge < -0.3 is 5.11 Å². The van der Waals surface area contributed by atoms with E-state index in [1.165, 1.54) is 50.5 Å². The van der Waals surface area contributed by atoms with Crippen LogP contribution in [0, 0.1) is 41.4 Å². The molecule has 1 N–H and O–H groups in total. The van der Waals surface area contributed by atoms with Crippen LogP contribution >= 0.6 is 0 Å². The monoisotopic (exact) mass is 366 g/mol. The molecular formula is C26H38O. The molecule has 148 valence electrons. The third-order valence-electron chi connectivity index (χ3n) is 10.2. The van der Waals surface area contributed by atoms with Gasteiger partial charge in [0, 0.05) is 0 Å². The first-order valence-corrected chi connectivity index (χ1v) is 11.7. The molecule has 0 aliphatic heterocycles. The fraction of sp³-hybridized carbons (Fsp3) is 0.769. The first-order chi connectivity index (χ1) is 12.9. The zero-order chi connectivity index (χ0) is 18.8. The molecule has 1 aromatic rings. The van der Waals surface area contributed by atoms with E-state index in [4.69, 9.17) is 0 Å². The Labute approximate surface area is 166 Å². The minimum atomic E-state index is -0.0228. The second kappa shape index (κ2) is 6.34. The van der Waals surface area contributed by atoms with Crippen molar-refractivity contribution in [2.45, 2.75) is 90.6 Å². The smallest absolute Gasteiger partial charge is 0.0543 e. The fourth-order valence-electron chi connectivity index (χ4n) is 8.72. The molecule has 27 heavy (non-hydrogen) atoms. The van der Waals surface area contributed by atoms with E-state index in [9.17, 15) is 5.11 Å². The molecule has 0 heterocycles. The Morgan fingerprint density at radius 3 is 2.41 bits per heavy atom. The molecule has 0 bridgehead atoms. The summed E-state index contributed by atoms with van der Waals surface area (Å²) in [5, 5.41) is 10.2. The molecule has 0 amide bonds. The van der Waals surface area contributed by atoms with Crippen LogP contribution in [0.15, 0.2) is 24.3 Å². The molecule has 4 saturated carbocycles. The van der Waals surface area contributed by atoms with Gasteiger partial charge in [-0.1, -0.05) is 38.1 Å². The standard InChI is InChI=1S/C26H38O/c1-17-6-4-5-7-20(17)22-10-11-23-21-9-8-18-16-19(27)12-14-25(18,2)24(21)13-15-26(22,23)3/h4-7,18-19,21-24,27H,8-16H2,1-3H3. The summed E-state index contributed by atoms with van der Waals surface area (Å²) >= 11 is 0. The van der Waals surface area contributed by atoms with E-state index in [-0.39, 0.29) is 6.10 Å². The maximum atomic E-state index is 10.2. The van der Waals surface area contributed by atoms with Crippen LogP contribution < -0.4 is 0 Å². The SMILES string of the molecule is Cc1ccccc1C1CCC2C3CCC4CC(O)CCC4(C)C3CCC12C. The molecule has 4 aliphatic rings. The van der Waals surface area contributed by atoms with E-state index in [0.717, 1.165) is 42.4 Å². The number of benzene rings is 1. The summed E-state index contributed by atoms with van der Waals surface area (Å²) in [6, 6.07) is 9.19. The van der Waals surface area contributed by atoms with Crippen molar-refractivity contribution in [2.75, 3.05) is 0 Å². The number of aliphatic hydroxyl groups excluding tert-OH is 1. The molecule has 5 rings (SSSR count). The molecule has 1 aromatic carbocycles. The Kier molecular flexibility index (Phi) is 4.28. The molecule has 4 aliphatic carbocycles. The number of rotatable bonds is 1. The van der Waals surface area contributed by atoms with E-state index >= 15 is 0 Å². The average Bonchev–Trinajstić information content (AvgIpc) is 3.00. The van der Waals surface area contributed by atoms with E-state index in [1.807, 2.05) is 0 Å². The highest BCUT2D eigenvalue weighted by Gasteiger charge is 2.60. The lowest BCUT2D eigenvalue weighted by Crippen LogP contribution is -2.53. The van der Waals surface area contributed by atoms with Crippen molar-refractivity contribution in [3.05, 3.63) is 35.4 Å². The summed E-state index contributed by atoms with van der Waals surface area (Å²) in [5.41, 5.74) is 4.15. The Morgan fingerprint density at radius 2 is 1.59 bits per heavy atom. The highest BCUT2D eigenvalue weighted by molar-refractivity contribution is 5.33. The summed E-state index contributed by atoms with van der Waals surface area (Å²) in [6.07, 6.45) is 11.9. The summed E-state index contributed by atoms with van der Waals surface area (Å²) < 4.78 is 0. The molecule has 0 aromatic heterocycles. The largest absolute Gasteiger partial charge is 0.393 e. The fourth-order valence-corrected chi connectivity index (χ4v) is 8.72. The summed E-state index contributed by atoms with van der Waals surface area (Å²) in [4.78, 5) is 0. The van der Waals surface area contributed by atoms with Crippen LogP contribution in [-0.2, 0) is 0 Å². The molecule has 1 heteroatoms. The first kappa shape index (κ1) is 18.2. The van der Waals surface area contributed by atoms with Crippen LogP contribution in [-0.4, -0.2) is 11.2 Å². The van der Waals surface area contributed by atoms with Crippen LogP contribution in [0.25, 0.3) is 0 Å². The van der Waals surface area contributed by atoms with Gasteiger partial charge >= 0.3 is 0 Å². The van der Waals surface area contributed by atoms with Crippen LogP contribution in [0.1, 0.15) is 88.7 Å². The van der Waals surface area contributed by atoms with Gasteiger partial charge in [-0.15, -0.1) is 0 Å². The van der Waals surface area contributed by atoms with Gasteiger partial charge in [-0.25, -0.2) is 0 Å². The van der Waals surface area contributed by atoms with Gasteiger partial charge in [-0.2, -0.15) is 0 Å². The van der Waals surface area contributed by atoms with Gasteiger partial charge in [-0.3, -0.25) is 0 Å². The number of hydrogen-bond donors (Lipinski definition) is 1. The highest BCUT2D eigenvalue weighted by Crippen LogP contribution is 2.69. The molecule has 4 fully saturated rings. The van der Waals surface area contributed by atoms with Crippen molar-refractivity contribution < 1.29 is 5.11 Å². The van der Waals surface area contributed by atoms with Crippen LogP contribution in [0.2, 0.25) is 0 Å². The lowest BCUT2D eigenvalue weighted by molar-refractivity contribution is -0.122. The average molecular weight is 367 g/mol. The third-order valence-corrected chi connectivity index (χ3v) is 10.2. The molecule has 0 radical (unpaired) electrons. The van der Waals surface area contributed by atoms with Crippen molar-refractivity contribution >= 4 is 0 Å². The predicted octanol–water partition coefficient (Wildman–Crippen LogP) is 6.48.